The Balaban J connectivity index is 1.51. The molecule has 0 bridgehead atoms. The quantitative estimate of drug-likeness (QED) is 0.748. The predicted octanol–water partition coefficient (Wildman–Crippen LogP) is 4.91. The zero-order valence-corrected chi connectivity index (χ0v) is 18.0. The van der Waals surface area contributed by atoms with Crippen molar-refractivity contribution in [1.29, 1.82) is 0 Å². The molecular weight excluding hydrogens is 386 g/mol. The minimum atomic E-state index is -0.464. The molecule has 0 saturated carbocycles. The number of carbonyl (C=O) groups excluding carboxylic acids is 2. The maximum absolute atomic E-state index is 12.8. The lowest BCUT2D eigenvalue weighted by Crippen LogP contribution is -2.49. The van der Waals surface area contributed by atoms with E-state index >= 15 is 0 Å². The van der Waals surface area contributed by atoms with Gasteiger partial charge < -0.3 is 15.5 Å². The van der Waals surface area contributed by atoms with Gasteiger partial charge in [-0.3, -0.25) is 4.79 Å². The number of nitrogens with zero attached hydrogens (tertiary/aromatic N) is 1. The van der Waals surface area contributed by atoms with Gasteiger partial charge in [-0.15, -0.1) is 0 Å². The molecule has 29 heavy (non-hydrogen) atoms. The van der Waals surface area contributed by atoms with E-state index in [-0.39, 0.29) is 11.9 Å². The van der Waals surface area contributed by atoms with E-state index in [1.807, 2.05) is 57.2 Å². The number of halogens is 1. The van der Waals surface area contributed by atoms with Crippen molar-refractivity contribution in [2.75, 3.05) is 18.4 Å². The number of piperidine rings is 1. The molecule has 1 aliphatic rings. The number of hydrogen-bond donors (Lipinski definition) is 2. The molecule has 2 aromatic carbocycles. The van der Waals surface area contributed by atoms with Crippen LogP contribution in [0.15, 0.2) is 42.5 Å². The van der Waals surface area contributed by atoms with Crippen LogP contribution in [0.5, 0.6) is 0 Å². The van der Waals surface area contributed by atoms with E-state index in [1.54, 1.807) is 11.0 Å². The molecule has 1 fully saturated rings. The number of carbonyl (C=O) groups is 2. The van der Waals surface area contributed by atoms with Gasteiger partial charge in [0.2, 0.25) is 5.91 Å². The van der Waals surface area contributed by atoms with Crippen LogP contribution in [-0.4, -0.2) is 29.9 Å². The first kappa shape index (κ1) is 21.2. The standard InChI is InChI=1S/C23H28ClN3O2/c1-16-4-7-18(8-5-16)15-25-21(28)23(3)10-12-27(13-11-23)22(29)26-19-9-6-17(2)20(24)14-19/h4-9,14H,10-13,15H2,1-3H3,(H,25,28)(H,26,29). The van der Waals surface area contributed by atoms with Crippen LogP contribution in [0.1, 0.15) is 36.5 Å². The van der Waals surface area contributed by atoms with Gasteiger partial charge in [0, 0.05) is 35.8 Å². The molecule has 3 amide bonds. The van der Waals surface area contributed by atoms with E-state index in [0.29, 0.717) is 43.2 Å². The number of rotatable bonds is 4. The Hall–Kier alpha value is -2.53. The second kappa shape index (κ2) is 8.87. The highest BCUT2D eigenvalue weighted by Gasteiger charge is 2.37. The van der Waals surface area contributed by atoms with Gasteiger partial charge in [0.1, 0.15) is 0 Å². The first-order chi connectivity index (χ1) is 13.8. The summed E-state index contributed by atoms with van der Waals surface area (Å²) in [6.07, 6.45) is 1.27. The summed E-state index contributed by atoms with van der Waals surface area (Å²) in [5, 5.41) is 6.57. The lowest BCUT2D eigenvalue weighted by atomic mass is 9.79. The maximum atomic E-state index is 12.8. The molecule has 0 atom stereocenters. The van der Waals surface area contributed by atoms with Gasteiger partial charge in [-0.1, -0.05) is 54.4 Å². The van der Waals surface area contributed by atoms with Crippen molar-refractivity contribution in [2.45, 2.75) is 40.2 Å². The molecule has 1 aliphatic heterocycles. The summed E-state index contributed by atoms with van der Waals surface area (Å²) in [5.41, 5.74) is 3.46. The molecule has 5 nitrogen and oxygen atoms in total. The van der Waals surface area contributed by atoms with Crippen LogP contribution >= 0.6 is 11.6 Å². The van der Waals surface area contributed by atoms with Gasteiger partial charge in [0.05, 0.1) is 0 Å². The van der Waals surface area contributed by atoms with E-state index in [1.165, 1.54) is 5.56 Å². The summed E-state index contributed by atoms with van der Waals surface area (Å²) in [6.45, 7) is 7.54. The summed E-state index contributed by atoms with van der Waals surface area (Å²) in [4.78, 5) is 27.1. The van der Waals surface area contributed by atoms with Crippen LogP contribution in [-0.2, 0) is 11.3 Å². The molecule has 0 unspecified atom stereocenters. The Labute approximate surface area is 177 Å². The maximum Gasteiger partial charge on any atom is 0.321 e. The molecule has 3 rings (SSSR count). The lowest BCUT2D eigenvalue weighted by molar-refractivity contribution is -0.132. The number of nitrogens with one attached hydrogen (secondary N) is 2. The molecule has 154 valence electrons. The number of amides is 3. The summed E-state index contributed by atoms with van der Waals surface area (Å²) in [6, 6.07) is 13.5. The van der Waals surface area contributed by atoms with Gasteiger partial charge in [-0.05, 0) is 49.9 Å². The van der Waals surface area contributed by atoms with Crippen molar-refractivity contribution in [3.8, 4) is 0 Å². The predicted molar refractivity (Wildman–Crippen MR) is 117 cm³/mol. The molecule has 0 spiro atoms. The third-order valence-corrected chi connectivity index (χ3v) is 6.11. The second-order valence-corrected chi connectivity index (χ2v) is 8.52. The van der Waals surface area contributed by atoms with Crippen molar-refractivity contribution >= 4 is 29.2 Å². The van der Waals surface area contributed by atoms with Crippen molar-refractivity contribution in [1.82, 2.24) is 10.2 Å². The number of anilines is 1. The zero-order valence-electron chi connectivity index (χ0n) is 17.2. The highest BCUT2D eigenvalue weighted by molar-refractivity contribution is 6.31. The molecule has 0 radical (unpaired) electrons. The Morgan fingerprint density at radius 1 is 1.07 bits per heavy atom. The fourth-order valence-electron chi connectivity index (χ4n) is 3.41. The average molecular weight is 414 g/mol. The fourth-order valence-corrected chi connectivity index (χ4v) is 3.59. The number of benzene rings is 2. The van der Waals surface area contributed by atoms with Crippen LogP contribution in [0.25, 0.3) is 0 Å². The molecule has 2 N–H and O–H groups in total. The van der Waals surface area contributed by atoms with Crippen LogP contribution in [0, 0.1) is 19.3 Å². The highest BCUT2D eigenvalue weighted by Crippen LogP contribution is 2.31. The third kappa shape index (κ3) is 5.30. The van der Waals surface area contributed by atoms with Crippen LogP contribution in [0.4, 0.5) is 10.5 Å². The summed E-state index contributed by atoms with van der Waals surface area (Å²) in [7, 11) is 0. The van der Waals surface area contributed by atoms with Crippen molar-refractivity contribution in [3.63, 3.8) is 0 Å². The smallest absolute Gasteiger partial charge is 0.321 e. The molecule has 2 aromatic rings. The lowest BCUT2D eigenvalue weighted by Gasteiger charge is -2.38. The van der Waals surface area contributed by atoms with Gasteiger partial charge in [0.15, 0.2) is 0 Å². The van der Waals surface area contributed by atoms with Gasteiger partial charge >= 0.3 is 6.03 Å². The Kier molecular flexibility index (Phi) is 6.48. The van der Waals surface area contributed by atoms with Crippen molar-refractivity contribution in [2.24, 2.45) is 5.41 Å². The zero-order chi connectivity index (χ0) is 21.0. The van der Waals surface area contributed by atoms with Crippen LogP contribution < -0.4 is 10.6 Å². The second-order valence-electron chi connectivity index (χ2n) is 8.11. The van der Waals surface area contributed by atoms with Gasteiger partial charge in [0.25, 0.3) is 0 Å². The SMILES string of the molecule is Cc1ccc(CNC(=O)C2(C)CCN(C(=O)Nc3ccc(C)c(Cl)c3)CC2)cc1. The van der Waals surface area contributed by atoms with Gasteiger partial charge in [-0.25, -0.2) is 4.79 Å². The summed E-state index contributed by atoms with van der Waals surface area (Å²) in [5.74, 6) is 0.0449. The fraction of sp³-hybridized carbons (Fsp3) is 0.391. The number of aryl methyl sites for hydroxylation is 2. The molecular formula is C23H28ClN3O2. The molecule has 1 saturated heterocycles. The first-order valence-corrected chi connectivity index (χ1v) is 10.3. The van der Waals surface area contributed by atoms with Crippen LogP contribution in [0.3, 0.4) is 0 Å². The van der Waals surface area contributed by atoms with Crippen LogP contribution in [0.2, 0.25) is 5.02 Å². The summed E-state index contributed by atoms with van der Waals surface area (Å²) < 4.78 is 0. The Morgan fingerprint density at radius 3 is 2.34 bits per heavy atom. The van der Waals surface area contributed by atoms with E-state index in [9.17, 15) is 9.59 Å². The largest absolute Gasteiger partial charge is 0.352 e. The topological polar surface area (TPSA) is 61.4 Å². The minimum absolute atomic E-state index is 0.0449. The minimum Gasteiger partial charge on any atom is -0.352 e. The number of likely N-dealkylation sites (tertiary alicyclic amines) is 1. The van der Waals surface area contributed by atoms with Crippen molar-refractivity contribution < 1.29 is 9.59 Å². The Bertz CT molecular complexity index is 887. The molecule has 0 aromatic heterocycles. The third-order valence-electron chi connectivity index (χ3n) is 5.70. The normalized spacial score (nSPS) is 15.7. The summed E-state index contributed by atoms with van der Waals surface area (Å²) >= 11 is 6.13. The van der Waals surface area contributed by atoms with E-state index in [4.69, 9.17) is 11.6 Å². The van der Waals surface area contributed by atoms with E-state index in [0.717, 1.165) is 11.1 Å². The molecule has 6 heteroatoms. The van der Waals surface area contributed by atoms with E-state index < -0.39 is 5.41 Å². The number of urea groups is 1. The monoisotopic (exact) mass is 413 g/mol. The highest BCUT2D eigenvalue weighted by atomic mass is 35.5. The van der Waals surface area contributed by atoms with Gasteiger partial charge in [-0.2, -0.15) is 0 Å². The average Bonchev–Trinajstić information content (AvgIpc) is 2.70. The Morgan fingerprint density at radius 2 is 1.72 bits per heavy atom. The molecule has 0 aliphatic carbocycles. The van der Waals surface area contributed by atoms with E-state index in [2.05, 4.69) is 10.6 Å². The molecule has 1 heterocycles. The first-order valence-electron chi connectivity index (χ1n) is 9.93. The van der Waals surface area contributed by atoms with Crippen molar-refractivity contribution in [3.05, 3.63) is 64.2 Å². The number of hydrogen-bond acceptors (Lipinski definition) is 2.